The Labute approximate surface area is 114 Å². The van der Waals surface area contributed by atoms with Gasteiger partial charge in [-0.25, -0.2) is 0 Å². The minimum atomic E-state index is -0.0622. The highest BCUT2D eigenvalue weighted by Gasteiger charge is 2.18. The van der Waals surface area contributed by atoms with Gasteiger partial charge in [-0.05, 0) is 36.9 Å². The first-order chi connectivity index (χ1) is 8.98. The molecular weight excluding hydrogens is 238 g/mol. The molecule has 19 heavy (non-hydrogen) atoms. The van der Waals surface area contributed by atoms with E-state index < -0.39 is 0 Å². The molecule has 1 aromatic rings. The largest absolute Gasteiger partial charge is 0.330 e. The highest BCUT2D eigenvalue weighted by atomic mass is 16.1. The Bertz CT molecular complexity index is 475. The van der Waals surface area contributed by atoms with Gasteiger partial charge in [-0.1, -0.05) is 26.0 Å². The maximum atomic E-state index is 11.9. The van der Waals surface area contributed by atoms with Crippen LogP contribution in [0.5, 0.6) is 0 Å². The number of rotatable bonds is 6. The summed E-state index contributed by atoms with van der Waals surface area (Å²) in [6.07, 6.45) is 2.12. The second-order valence-corrected chi connectivity index (χ2v) is 5.41. The van der Waals surface area contributed by atoms with Crippen LogP contribution in [0.2, 0.25) is 0 Å². The molecule has 1 rings (SSSR count). The average molecular weight is 259 g/mol. The number of benzene rings is 1. The Hall–Kier alpha value is -1.86. The second kappa shape index (κ2) is 6.91. The molecule has 0 aliphatic carbocycles. The first kappa shape index (κ1) is 15.2. The Balaban J connectivity index is 2.55. The highest BCUT2D eigenvalue weighted by Crippen LogP contribution is 2.26. The molecule has 4 nitrogen and oxygen atoms in total. The van der Waals surface area contributed by atoms with Gasteiger partial charge in [0.25, 0.3) is 0 Å². The fourth-order valence-corrected chi connectivity index (χ4v) is 1.87. The van der Waals surface area contributed by atoms with E-state index in [2.05, 4.69) is 25.2 Å². The lowest BCUT2D eigenvalue weighted by Crippen LogP contribution is -2.20. The van der Waals surface area contributed by atoms with Crippen molar-refractivity contribution in [3.8, 4) is 6.07 Å². The van der Waals surface area contributed by atoms with Crippen LogP contribution in [0.15, 0.2) is 24.3 Å². The van der Waals surface area contributed by atoms with Crippen molar-refractivity contribution in [1.29, 1.82) is 5.26 Å². The van der Waals surface area contributed by atoms with Crippen LogP contribution in [-0.2, 0) is 4.79 Å². The summed E-state index contributed by atoms with van der Waals surface area (Å²) < 4.78 is 0. The number of amides is 1. The number of anilines is 1. The molecule has 1 aromatic carbocycles. The number of hydrogen-bond acceptors (Lipinski definition) is 3. The van der Waals surface area contributed by atoms with E-state index in [-0.39, 0.29) is 11.3 Å². The topological polar surface area (TPSA) is 78.9 Å². The number of para-hydroxylation sites is 1. The Morgan fingerprint density at radius 3 is 2.68 bits per heavy atom. The molecule has 4 heteroatoms. The van der Waals surface area contributed by atoms with Gasteiger partial charge < -0.3 is 11.1 Å². The zero-order chi connectivity index (χ0) is 14.3. The van der Waals surface area contributed by atoms with Crippen molar-refractivity contribution in [2.24, 2.45) is 11.1 Å². The summed E-state index contributed by atoms with van der Waals surface area (Å²) in [5, 5.41) is 11.7. The average Bonchev–Trinajstić information content (AvgIpc) is 2.37. The zero-order valence-corrected chi connectivity index (χ0v) is 11.6. The van der Waals surface area contributed by atoms with E-state index in [0.29, 0.717) is 24.2 Å². The van der Waals surface area contributed by atoms with Crippen LogP contribution in [0.3, 0.4) is 0 Å². The summed E-state index contributed by atoms with van der Waals surface area (Å²) >= 11 is 0. The van der Waals surface area contributed by atoms with E-state index in [4.69, 9.17) is 11.0 Å². The Morgan fingerprint density at radius 1 is 1.37 bits per heavy atom. The van der Waals surface area contributed by atoms with Crippen molar-refractivity contribution in [3.05, 3.63) is 29.8 Å². The van der Waals surface area contributed by atoms with Crippen molar-refractivity contribution in [2.75, 3.05) is 11.9 Å². The molecule has 0 atom stereocenters. The maximum absolute atomic E-state index is 11.9. The lowest BCUT2D eigenvalue weighted by atomic mass is 9.84. The SMILES string of the molecule is CC(C)(CCN)CCC(=O)Nc1ccccc1C#N. The van der Waals surface area contributed by atoms with Crippen LogP contribution >= 0.6 is 0 Å². The zero-order valence-electron chi connectivity index (χ0n) is 11.6. The monoisotopic (exact) mass is 259 g/mol. The van der Waals surface area contributed by atoms with Crippen molar-refractivity contribution in [1.82, 2.24) is 0 Å². The van der Waals surface area contributed by atoms with Crippen LogP contribution in [0.1, 0.15) is 38.7 Å². The van der Waals surface area contributed by atoms with Crippen molar-refractivity contribution >= 4 is 11.6 Å². The number of nitrogens with zero attached hydrogens (tertiary/aromatic N) is 1. The molecule has 0 saturated heterocycles. The number of nitriles is 1. The minimum absolute atomic E-state index is 0.0622. The fourth-order valence-electron chi connectivity index (χ4n) is 1.87. The van der Waals surface area contributed by atoms with Gasteiger partial charge in [0.2, 0.25) is 5.91 Å². The van der Waals surface area contributed by atoms with Crippen molar-refractivity contribution in [3.63, 3.8) is 0 Å². The van der Waals surface area contributed by atoms with Crippen molar-refractivity contribution in [2.45, 2.75) is 33.1 Å². The molecule has 0 saturated carbocycles. The third-order valence-corrected chi connectivity index (χ3v) is 3.17. The molecule has 0 aromatic heterocycles. The van der Waals surface area contributed by atoms with E-state index in [9.17, 15) is 4.79 Å². The standard InChI is InChI=1S/C15H21N3O/c1-15(2,9-10-16)8-7-14(19)18-13-6-4-3-5-12(13)11-17/h3-6H,7-10,16H2,1-2H3,(H,18,19). The van der Waals surface area contributed by atoms with Gasteiger partial charge >= 0.3 is 0 Å². The van der Waals surface area contributed by atoms with Crippen LogP contribution in [0, 0.1) is 16.7 Å². The molecule has 0 radical (unpaired) electrons. The maximum Gasteiger partial charge on any atom is 0.224 e. The molecule has 0 heterocycles. The molecule has 0 aliphatic heterocycles. The summed E-state index contributed by atoms with van der Waals surface area (Å²) in [7, 11) is 0. The first-order valence-corrected chi connectivity index (χ1v) is 6.47. The van der Waals surface area contributed by atoms with E-state index in [1.807, 2.05) is 0 Å². The Kier molecular flexibility index (Phi) is 5.53. The van der Waals surface area contributed by atoms with Gasteiger partial charge in [-0.3, -0.25) is 4.79 Å². The van der Waals surface area contributed by atoms with E-state index in [1.54, 1.807) is 24.3 Å². The smallest absolute Gasteiger partial charge is 0.224 e. The summed E-state index contributed by atoms with van der Waals surface area (Å²) in [4.78, 5) is 11.9. The van der Waals surface area contributed by atoms with Crippen LogP contribution in [-0.4, -0.2) is 12.5 Å². The van der Waals surface area contributed by atoms with Crippen LogP contribution in [0.4, 0.5) is 5.69 Å². The molecular formula is C15H21N3O. The molecule has 3 N–H and O–H groups in total. The molecule has 0 fully saturated rings. The van der Waals surface area contributed by atoms with E-state index >= 15 is 0 Å². The summed E-state index contributed by atoms with van der Waals surface area (Å²) in [5.41, 5.74) is 6.68. The predicted molar refractivity (Wildman–Crippen MR) is 76.5 cm³/mol. The number of carbonyl (C=O) groups excluding carboxylic acids is 1. The van der Waals surface area contributed by atoms with Crippen molar-refractivity contribution < 1.29 is 4.79 Å². The summed E-state index contributed by atoms with van der Waals surface area (Å²) in [6, 6.07) is 9.07. The lowest BCUT2D eigenvalue weighted by molar-refractivity contribution is -0.116. The second-order valence-electron chi connectivity index (χ2n) is 5.41. The van der Waals surface area contributed by atoms with E-state index in [0.717, 1.165) is 12.8 Å². The summed E-state index contributed by atoms with van der Waals surface area (Å²) in [6.45, 7) is 4.85. The first-order valence-electron chi connectivity index (χ1n) is 6.47. The van der Waals surface area contributed by atoms with Gasteiger partial charge in [-0.2, -0.15) is 5.26 Å². The highest BCUT2D eigenvalue weighted by molar-refractivity contribution is 5.92. The van der Waals surface area contributed by atoms with Gasteiger partial charge in [0.05, 0.1) is 11.3 Å². The normalized spacial score (nSPS) is 10.8. The number of nitrogens with two attached hydrogens (primary N) is 1. The lowest BCUT2D eigenvalue weighted by Gasteiger charge is -2.23. The number of hydrogen-bond donors (Lipinski definition) is 2. The minimum Gasteiger partial charge on any atom is -0.330 e. The Morgan fingerprint density at radius 2 is 2.05 bits per heavy atom. The molecule has 1 amide bonds. The molecule has 0 unspecified atom stereocenters. The number of nitrogens with one attached hydrogen (secondary N) is 1. The van der Waals surface area contributed by atoms with Gasteiger partial charge in [0, 0.05) is 6.42 Å². The third-order valence-electron chi connectivity index (χ3n) is 3.17. The van der Waals surface area contributed by atoms with Gasteiger partial charge in [-0.15, -0.1) is 0 Å². The molecule has 102 valence electrons. The predicted octanol–water partition coefficient (Wildman–Crippen LogP) is 2.65. The third kappa shape index (κ3) is 5.11. The van der Waals surface area contributed by atoms with Gasteiger partial charge in [0.15, 0.2) is 0 Å². The molecule has 0 spiro atoms. The van der Waals surface area contributed by atoms with Crippen LogP contribution < -0.4 is 11.1 Å². The van der Waals surface area contributed by atoms with E-state index in [1.165, 1.54) is 0 Å². The summed E-state index contributed by atoms with van der Waals surface area (Å²) in [5.74, 6) is -0.0622. The molecule has 0 aliphatic rings. The van der Waals surface area contributed by atoms with Gasteiger partial charge in [0.1, 0.15) is 6.07 Å². The van der Waals surface area contributed by atoms with Crippen LogP contribution in [0.25, 0.3) is 0 Å². The molecule has 0 bridgehead atoms. The fraction of sp³-hybridized carbons (Fsp3) is 0.467. The number of carbonyl (C=O) groups is 1. The quantitative estimate of drug-likeness (QED) is 0.824.